The van der Waals surface area contributed by atoms with Crippen LogP contribution in [-0.4, -0.2) is 6.04 Å². The van der Waals surface area contributed by atoms with Gasteiger partial charge in [-0.15, -0.1) is 0 Å². The topological polar surface area (TPSA) is 55.3 Å². The maximum Gasteiger partial charge on any atom is 0.0733 e. The van der Waals surface area contributed by atoms with Gasteiger partial charge in [0.2, 0.25) is 0 Å². The summed E-state index contributed by atoms with van der Waals surface area (Å²) in [5.41, 5.74) is 18.1. The molecule has 4 N–H and O–H groups in total. The fourth-order valence-electron chi connectivity index (χ4n) is 4.68. The minimum Gasteiger partial charge on any atom is -0.397 e. The van der Waals surface area contributed by atoms with Crippen molar-refractivity contribution in [3.63, 3.8) is 0 Å². The molecular formula is C31H31N3. The Morgan fingerprint density at radius 3 is 2.47 bits per heavy atom. The van der Waals surface area contributed by atoms with Crippen LogP contribution in [0.15, 0.2) is 103 Å². The van der Waals surface area contributed by atoms with Crippen molar-refractivity contribution in [2.45, 2.75) is 32.4 Å². The third kappa shape index (κ3) is 4.48. The number of benzene rings is 4. The standard InChI is InChI=1S/C31H31N3/c1-22(32)12-13-23-14-15-25-16-17-26-18-19-29(33)31(30(26)28(25)20-23)34(27-10-6-3-7-11-27)21-24-8-4-2-5-9-24/h2,4-6,8-20,22H,3,7,21,32-33H2,1H3. The first-order valence-corrected chi connectivity index (χ1v) is 12.0. The lowest BCUT2D eigenvalue weighted by Gasteiger charge is -2.30. The Hall–Kier alpha value is -3.82. The maximum absolute atomic E-state index is 6.75. The lowest BCUT2D eigenvalue weighted by atomic mass is 9.96. The molecule has 0 radical (unpaired) electrons. The van der Waals surface area contributed by atoms with Crippen LogP contribution in [0.4, 0.5) is 11.4 Å². The first-order chi connectivity index (χ1) is 16.6. The van der Waals surface area contributed by atoms with E-state index >= 15 is 0 Å². The van der Waals surface area contributed by atoms with Crippen molar-refractivity contribution in [1.82, 2.24) is 0 Å². The zero-order chi connectivity index (χ0) is 23.5. The number of nitrogens with two attached hydrogens (primary N) is 2. The second-order valence-electron chi connectivity index (χ2n) is 9.05. The lowest BCUT2D eigenvalue weighted by Crippen LogP contribution is -2.23. The van der Waals surface area contributed by atoms with Gasteiger partial charge in [0.05, 0.1) is 11.4 Å². The summed E-state index contributed by atoms with van der Waals surface area (Å²) >= 11 is 0. The van der Waals surface area contributed by atoms with Gasteiger partial charge in [0.15, 0.2) is 0 Å². The highest BCUT2D eigenvalue weighted by Crippen LogP contribution is 2.41. The molecule has 0 saturated heterocycles. The fourth-order valence-corrected chi connectivity index (χ4v) is 4.68. The molecule has 1 aliphatic rings. The van der Waals surface area contributed by atoms with E-state index in [9.17, 15) is 0 Å². The highest BCUT2D eigenvalue weighted by atomic mass is 15.1. The SMILES string of the molecule is CC(N)C=Cc1ccc2ccc3ccc(N)c(N(Cc4ccccc4)C4=CCCC=C4)c3c2c1. The van der Waals surface area contributed by atoms with E-state index in [1.165, 1.54) is 32.8 Å². The average molecular weight is 446 g/mol. The van der Waals surface area contributed by atoms with E-state index in [1.807, 2.05) is 19.1 Å². The Labute approximate surface area is 201 Å². The summed E-state index contributed by atoms with van der Waals surface area (Å²) in [6.07, 6.45) is 13.0. The molecule has 0 aromatic heterocycles. The van der Waals surface area contributed by atoms with Crippen LogP contribution in [0.3, 0.4) is 0 Å². The highest BCUT2D eigenvalue weighted by Gasteiger charge is 2.19. The largest absolute Gasteiger partial charge is 0.397 e. The zero-order valence-corrected chi connectivity index (χ0v) is 19.6. The Morgan fingerprint density at radius 1 is 0.941 bits per heavy atom. The van der Waals surface area contributed by atoms with Crippen LogP contribution in [0.2, 0.25) is 0 Å². The lowest BCUT2D eigenvalue weighted by molar-refractivity contribution is 0.904. The molecule has 170 valence electrons. The van der Waals surface area contributed by atoms with E-state index in [-0.39, 0.29) is 6.04 Å². The molecule has 1 atom stereocenters. The Balaban J connectivity index is 1.76. The van der Waals surface area contributed by atoms with Crippen molar-refractivity contribution in [3.05, 3.63) is 114 Å². The van der Waals surface area contributed by atoms with E-state index in [0.29, 0.717) is 0 Å². The number of nitrogen functional groups attached to an aromatic ring is 1. The molecule has 0 heterocycles. The van der Waals surface area contributed by atoms with E-state index in [0.717, 1.165) is 36.3 Å². The summed E-state index contributed by atoms with van der Waals surface area (Å²) in [6.45, 7) is 2.74. The normalized spacial score (nSPS) is 14.6. The maximum atomic E-state index is 6.75. The van der Waals surface area contributed by atoms with E-state index < -0.39 is 0 Å². The smallest absolute Gasteiger partial charge is 0.0733 e. The Morgan fingerprint density at radius 2 is 1.71 bits per heavy atom. The second kappa shape index (κ2) is 9.58. The molecule has 3 heteroatoms. The number of anilines is 2. The van der Waals surface area contributed by atoms with Gasteiger partial charge in [0.1, 0.15) is 0 Å². The van der Waals surface area contributed by atoms with Crippen molar-refractivity contribution in [2.75, 3.05) is 10.6 Å². The number of hydrogen-bond acceptors (Lipinski definition) is 3. The molecule has 4 aromatic rings. The number of allylic oxidation sites excluding steroid dienone is 3. The molecule has 4 aromatic carbocycles. The van der Waals surface area contributed by atoms with Crippen LogP contribution in [0.25, 0.3) is 27.6 Å². The summed E-state index contributed by atoms with van der Waals surface area (Å²) in [5, 5.41) is 4.77. The molecule has 0 amide bonds. The number of hydrogen-bond donors (Lipinski definition) is 2. The molecule has 34 heavy (non-hydrogen) atoms. The predicted molar refractivity (Wildman–Crippen MR) is 148 cm³/mol. The molecule has 0 spiro atoms. The highest BCUT2D eigenvalue weighted by molar-refractivity contribution is 6.16. The summed E-state index contributed by atoms with van der Waals surface area (Å²) < 4.78 is 0. The monoisotopic (exact) mass is 445 g/mol. The van der Waals surface area contributed by atoms with Crippen LogP contribution in [0, 0.1) is 0 Å². The third-order valence-corrected chi connectivity index (χ3v) is 6.36. The van der Waals surface area contributed by atoms with Crippen molar-refractivity contribution >= 4 is 39.0 Å². The summed E-state index contributed by atoms with van der Waals surface area (Å²) in [5.74, 6) is 0. The van der Waals surface area contributed by atoms with Gasteiger partial charge in [-0.25, -0.2) is 0 Å². The van der Waals surface area contributed by atoms with Gasteiger partial charge in [0.25, 0.3) is 0 Å². The molecule has 1 unspecified atom stereocenters. The molecule has 0 aliphatic heterocycles. The van der Waals surface area contributed by atoms with Gasteiger partial charge >= 0.3 is 0 Å². The van der Waals surface area contributed by atoms with Crippen molar-refractivity contribution < 1.29 is 0 Å². The van der Waals surface area contributed by atoms with Gasteiger partial charge in [-0.05, 0) is 65.3 Å². The minimum absolute atomic E-state index is 0.0146. The number of nitrogens with zero attached hydrogens (tertiary/aromatic N) is 1. The first-order valence-electron chi connectivity index (χ1n) is 12.0. The summed E-state index contributed by atoms with van der Waals surface area (Å²) in [4.78, 5) is 2.38. The summed E-state index contributed by atoms with van der Waals surface area (Å²) in [6, 6.07) is 25.8. The van der Waals surface area contributed by atoms with Crippen LogP contribution in [0.1, 0.15) is 30.9 Å². The van der Waals surface area contributed by atoms with E-state index in [4.69, 9.17) is 11.5 Å². The van der Waals surface area contributed by atoms with Crippen LogP contribution in [0.5, 0.6) is 0 Å². The van der Waals surface area contributed by atoms with Gasteiger partial charge in [-0.1, -0.05) is 85.0 Å². The fraction of sp³-hybridized carbons (Fsp3) is 0.161. The molecule has 3 nitrogen and oxygen atoms in total. The Kier molecular flexibility index (Phi) is 6.20. The van der Waals surface area contributed by atoms with E-state index in [2.05, 4.69) is 95.9 Å². The van der Waals surface area contributed by atoms with Crippen molar-refractivity contribution in [3.8, 4) is 0 Å². The molecule has 5 rings (SSSR count). The van der Waals surface area contributed by atoms with Gasteiger partial charge in [-0.3, -0.25) is 0 Å². The van der Waals surface area contributed by atoms with Gasteiger partial charge in [-0.2, -0.15) is 0 Å². The van der Waals surface area contributed by atoms with Gasteiger partial charge in [0, 0.05) is 23.7 Å². The number of fused-ring (bicyclic) bond motifs is 3. The predicted octanol–water partition coefficient (Wildman–Crippen LogP) is 7.18. The second-order valence-corrected chi connectivity index (χ2v) is 9.05. The Bertz CT molecular complexity index is 1410. The van der Waals surface area contributed by atoms with Gasteiger partial charge < -0.3 is 16.4 Å². The van der Waals surface area contributed by atoms with Crippen LogP contribution < -0.4 is 16.4 Å². The van der Waals surface area contributed by atoms with Crippen molar-refractivity contribution in [2.24, 2.45) is 5.73 Å². The van der Waals surface area contributed by atoms with E-state index in [1.54, 1.807) is 0 Å². The molecular weight excluding hydrogens is 414 g/mol. The molecule has 0 bridgehead atoms. The summed E-state index contributed by atoms with van der Waals surface area (Å²) in [7, 11) is 0. The molecule has 0 saturated carbocycles. The first kappa shape index (κ1) is 22.0. The number of rotatable bonds is 6. The quantitative estimate of drug-likeness (QED) is 0.244. The van der Waals surface area contributed by atoms with Crippen LogP contribution >= 0.6 is 0 Å². The minimum atomic E-state index is 0.0146. The van der Waals surface area contributed by atoms with Crippen molar-refractivity contribution in [1.29, 1.82) is 0 Å². The van der Waals surface area contributed by atoms with Crippen LogP contribution in [-0.2, 0) is 6.54 Å². The zero-order valence-electron chi connectivity index (χ0n) is 19.6. The molecule has 1 aliphatic carbocycles. The molecule has 0 fully saturated rings. The third-order valence-electron chi connectivity index (χ3n) is 6.36. The average Bonchev–Trinajstić information content (AvgIpc) is 2.87.